The fourth-order valence-electron chi connectivity index (χ4n) is 8.43. The van der Waals surface area contributed by atoms with Gasteiger partial charge in [-0.25, -0.2) is 29.9 Å². The molecule has 0 amide bonds. The Kier molecular flexibility index (Phi) is 8.31. The molecule has 0 radical (unpaired) electrons. The van der Waals surface area contributed by atoms with Gasteiger partial charge < -0.3 is 8.98 Å². The summed E-state index contributed by atoms with van der Waals surface area (Å²) in [4.78, 5) is 30.7. The Morgan fingerprint density at radius 1 is 0.290 bits per heavy atom. The molecule has 62 heavy (non-hydrogen) atoms. The standard InChI is InChI=1S/C54H33N7O/c1-5-17-34(18-6-1)49-55-50(35-19-7-2-8-20-35)58-53(57-49)38-31-39(54-59-51(36-21-9-3-10-22-36)56-52(60-54)37-23-11-4-12-24-37)33-40(32-38)61-43-27-15-26-42-41-25-13-14-29-45(41)62-46-30-16-28-44(61)48(46)47(42)43/h1-33H. The lowest BCUT2D eigenvalue weighted by atomic mass is 10.1. The average molecular weight is 796 g/mol. The highest BCUT2D eigenvalue weighted by Crippen LogP contribution is 2.42. The topological polar surface area (TPSA) is 95.4 Å². The van der Waals surface area contributed by atoms with Crippen LogP contribution in [-0.2, 0) is 0 Å². The maximum absolute atomic E-state index is 6.71. The van der Waals surface area contributed by atoms with Crippen molar-refractivity contribution in [3.05, 3.63) is 200 Å². The van der Waals surface area contributed by atoms with Gasteiger partial charge in [0.2, 0.25) is 0 Å². The molecule has 8 heteroatoms. The number of hydrogen-bond acceptors (Lipinski definition) is 7. The third-order valence-electron chi connectivity index (χ3n) is 11.3. The van der Waals surface area contributed by atoms with E-state index in [1.807, 2.05) is 133 Å². The molecule has 0 aliphatic heterocycles. The van der Waals surface area contributed by atoms with Gasteiger partial charge in [0.25, 0.3) is 0 Å². The molecule has 0 fully saturated rings. The van der Waals surface area contributed by atoms with Crippen LogP contribution in [-0.4, -0.2) is 34.5 Å². The van der Waals surface area contributed by atoms with E-state index in [1.165, 1.54) is 0 Å². The number of benzene rings is 8. The summed E-state index contributed by atoms with van der Waals surface area (Å²) in [5.41, 5.74) is 9.64. The summed E-state index contributed by atoms with van der Waals surface area (Å²) < 4.78 is 9.01. The molecule has 0 saturated heterocycles. The van der Waals surface area contributed by atoms with Crippen LogP contribution >= 0.6 is 0 Å². The summed E-state index contributed by atoms with van der Waals surface area (Å²) in [5.74, 6) is 3.32. The van der Waals surface area contributed by atoms with Crippen molar-refractivity contribution >= 4 is 43.7 Å². The third-order valence-corrected chi connectivity index (χ3v) is 11.3. The fraction of sp³-hybridized carbons (Fsp3) is 0. The van der Waals surface area contributed by atoms with Gasteiger partial charge in [-0.15, -0.1) is 0 Å². The van der Waals surface area contributed by atoms with E-state index in [4.69, 9.17) is 34.3 Å². The molecule has 0 saturated carbocycles. The molecule has 0 bridgehead atoms. The second kappa shape index (κ2) is 14.6. The van der Waals surface area contributed by atoms with Crippen molar-refractivity contribution in [1.82, 2.24) is 34.5 Å². The molecule has 4 heterocycles. The van der Waals surface area contributed by atoms with Gasteiger partial charge >= 0.3 is 0 Å². The summed E-state index contributed by atoms with van der Waals surface area (Å²) >= 11 is 0. The number of aromatic nitrogens is 7. The Hall–Kier alpha value is -8.62. The van der Waals surface area contributed by atoms with Crippen molar-refractivity contribution in [2.24, 2.45) is 0 Å². The highest BCUT2D eigenvalue weighted by molar-refractivity contribution is 6.26. The Bertz CT molecular complexity index is 3360. The first kappa shape index (κ1) is 35.3. The summed E-state index contributed by atoms with van der Waals surface area (Å²) in [7, 11) is 0. The molecule has 12 aromatic rings. The van der Waals surface area contributed by atoms with Crippen LogP contribution in [0.25, 0.3) is 118 Å². The van der Waals surface area contributed by atoms with Gasteiger partial charge in [-0.1, -0.05) is 158 Å². The molecular formula is C54H33N7O. The number of rotatable bonds is 7. The zero-order chi connectivity index (χ0) is 41.0. The van der Waals surface area contributed by atoms with Gasteiger partial charge in [0.15, 0.2) is 34.9 Å². The highest BCUT2D eigenvalue weighted by atomic mass is 16.3. The zero-order valence-corrected chi connectivity index (χ0v) is 33.1. The van der Waals surface area contributed by atoms with Gasteiger partial charge in [0.1, 0.15) is 11.2 Å². The normalized spacial score (nSPS) is 11.5. The first-order valence-electron chi connectivity index (χ1n) is 20.5. The van der Waals surface area contributed by atoms with E-state index >= 15 is 0 Å². The molecule has 0 aliphatic rings. The Morgan fingerprint density at radius 2 is 0.661 bits per heavy atom. The van der Waals surface area contributed by atoms with Crippen LogP contribution in [0.3, 0.4) is 0 Å². The number of nitrogens with zero attached hydrogens (tertiary/aromatic N) is 7. The van der Waals surface area contributed by atoms with Crippen LogP contribution in [0.1, 0.15) is 0 Å². The summed E-state index contributed by atoms with van der Waals surface area (Å²) in [5, 5.41) is 4.31. The predicted octanol–water partition coefficient (Wildman–Crippen LogP) is 13.1. The molecule has 8 aromatic carbocycles. The SMILES string of the molecule is c1ccc(-c2nc(-c3ccccc3)nc(-c3cc(-c4nc(-c5ccccc5)nc(-c5ccccc5)n4)cc(-n4c5cccc6oc7ccccc7c7cccc4c7c65)c3)n2)cc1. The van der Waals surface area contributed by atoms with Gasteiger partial charge in [0, 0.05) is 49.8 Å². The smallest absolute Gasteiger partial charge is 0.164 e. The van der Waals surface area contributed by atoms with Crippen molar-refractivity contribution < 1.29 is 4.42 Å². The molecule has 290 valence electrons. The Morgan fingerprint density at radius 3 is 1.15 bits per heavy atom. The first-order valence-corrected chi connectivity index (χ1v) is 20.5. The molecule has 4 aromatic heterocycles. The molecule has 12 rings (SSSR count). The second-order valence-electron chi connectivity index (χ2n) is 15.1. The van der Waals surface area contributed by atoms with E-state index in [2.05, 4.69) is 71.3 Å². The monoisotopic (exact) mass is 795 g/mol. The van der Waals surface area contributed by atoms with Crippen molar-refractivity contribution in [3.63, 3.8) is 0 Å². The minimum Gasteiger partial charge on any atom is -0.456 e. The van der Waals surface area contributed by atoms with Crippen molar-refractivity contribution in [2.45, 2.75) is 0 Å². The minimum absolute atomic E-state index is 0.516. The Labute approximate surface area is 355 Å². The van der Waals surface area contributed by atoms with Crippen molar-refractivity contribution in [1.29, 1.82) is 0 Å². The van der Waals surface area contributed by atoms with Gasteiger partial charge in [-0.05, 0) is 47.9 Å². The first-order chi connectivity index (χ1) is 30.7. The van der Waals surface area contributed by atoms with Crippen LogP contribution in [0.5, 0.6) is 0 Å². The van der Waals surface area contributed by atoms with Crippen molar-refractivity contribution in [3.8, 4) is 74.0 Å². The van der Waals surface area contributed by atoms with Crippen LogP contribution < -0.4 is 0 Å². The van der Waals surface area contributed by atoms with E-state index in [0.717, 1.165) is 82.8 Å². The maximum atomic E-state index is 6.71. The number of fused-ring (bicyclic) bond motifs is 2. The maximum Gasteiger partial charge on any atom is 0.164 e. The van der Waals surface area contributed by atoms with E-state index in [1.54, 1.807) is 0 Å². The van der Waals surface area contributed by atoms with Gasteiger partial charge in [-0.2, -0.15) is 0 Å². The molecule has 8 nitrogen and oxygen atoms in total. The molecule has 0 aliphatic carbocycles. The number of para-hydroxylation sites is 1. The van der Waals surface area contributed by atoms with Crippen molar-refractivity contribution in [2.75, 3.05) is 0 Å². The third kappa shape index (κ3) is 6.09. The lowest BCUT2D eigenvalue weighted by molar-refractivity contribution is 0.664. The lowest BCUT2D eigenvalue weighted by Gasteiger charge is -2.15. The molecule has 0 unspecified atom stereocenters. The Balaban J connectivity index is 1.18. The van der Waals surface area contributed by atoms with E-state index < -0.39 is 0 Å². The second-order valence-corrected chi connectivity index (χ2v) is 15.1. The largest absolute Gasteiger partial charge is 0.456 e. The van der Waals surface area contributed by atoms with E-state index in [-0.39, 0.29) is 0 Å². The predicted molar refractivity (Wildman–Crippen MR) is 247 cm³/mol. The quantitative estimate of drug-likeness (QED) is 0.158. The highest BCUT2D eigenvalue weighted by Gasteiger charge is 2.22. The summed E-state index contributed by atoms with van der Waals surface area (Å²) in [6, 6.07) is 67.5. The van der Waals surface area contributed by atoms with E-state index in [0.29, 0.717) is 34.9 Å². The van der Waals surface area contributed by atoms with Gasteiger partial charge in [-0.3, -0.25) is 0 Å². The zero-order valence-electron chi connectivity index (χ0n) is 33.1. The van der Waals surface area contributed by atoms with E-state index in [9.17, 15) is 0 Å². The van der Waals surface area contributed by atoms with Crippen LogP contribution in [0.2, 0.25) is 0 Å². The molecule has 0 atom stereocenters. The van der Waals surface area contributed by atoms with Gasteiger partial charge in [0.05, 0.1) is 16.4 Å². The average Bonchev–Trinajstić information content (AvgIpc) is 3.62. The fourth-order valence-corrected chi connectivity index (χ4v) is 8.43. The summed E-state index contributed by atoms with van der Waals surface area (Å²) in [6.07, 6.45) is 0. The van der Waals surface area contributed by atoms with Crippen LogP contribution in [0.4, 0.5) is 0 Å². The van der Waals surface area contributed by atoms with Crippen LogP contribution in [0.15, 0.2) is 205 Å². The number of hydrogen-bond donors (Lipinski definition) is 0. The minimum atomic E-state index is 0.516. The lowest BCUT2D eigenvalue weighted by Crippen LogP contribution is -2.03. The molecule has 0 spiro atoms. The molecule has 0 N–H and O–H groups in total. The molecular weight excluding hydrogens is 763 g/mol. The summed E-state index contributed by atoms with van der Waals surface area (Å²) in [6.45, 7) is 0. The van der Waals surface area contributed by atoms with Crippen LogP contribution in [0, 0.1) is 0 Å².